The van der Waals surface area contributed by atoms with Gasteiger partial charge in [0.25, 0.3) is 5.56 Å². The number of nitrogens with one attached hydrogen (secondary N) is 1. The number of aromatic nitrogens is 2. The number of nitrogens with zero attached hydrogens (tertiary/aromatic N) is 3. The third kappa shape index (κ3) is 4.26. The highest BCUT2D eigenvalue weighted by Gasteiger charge is 2.28. The van der Waals surface area contributed by atoms with Crippen molar-refractivity contribution in [3.05, 3.63) is 27.4 Å². The Morgan fingerprint density at radius 3 is 2.81 bits per heavy atom. The molecule has 1 saturated carbocycles. The van der Waals surface area contributed by atoms with Crippen molar-refractivity contribution < 1.29 is 4.79 Å². The molecule has 1 aromatic rings. The minimum Gasteiger partial charge on any atom is -0.342 e. The highest BCUT2D eigenvalue weighted by molar-refractivity contribution is 5.76. The molecule has 1 unspecified atom stereocenters. The van der Waals surface area contributed by atoms with Gasteiger partial charge in [0.2, 0.25) is 5.91 Å². The van der Waals surface area contributed by atoms with Crippen molar-refractivity contribution in [2.45, 2.75) is 70.3 Å². The molecule has 1 saturated heterocycles. The van der Waals surface area contributed by atoms with Crippen LogP contribution in [0.1, 0.15) is 74.4 Å². The second-order valence-corrected chi connectivity index (χ2v) is 8.73. The van der Waals surface area contributed by atoms with E-state index >= 15 is 0 Å². The molecule has 6 heteroatoms. The summed E-state index contributed by atoms with van der Waals surface area (Å²) in [4.78, 5) is 37.2. The molecule has 3 heterocycles. The van der Waals surface area contributed by atoms with Crippen LogP contribution < -0.4 is 5.56 Å². The Balaban J connectivity index is 1.41. The minimum atomic E-state index is 0.00577. The van der Waals surface area contributed by atoms with Gasteiger partial charge in [-0.2, -0.15) is 0 Å². The Kier molecular flexibility index (Phi) is 5.62. The molecule has 1 N–H and O–H groups in total. The van der Waals surface area contributed by atoms with E-state index in [9.17, 15) is 9.59 Å². The fraction of sp³-hybridized carbons (Fsp3) is 0.762. The van der Waals surface area contributed by atoms with Crippen LogP contribution in [0.25, 0.3) is 0 Å². The van der Waals surface area contributed by atoms with Crippen LogP contribution in [-0.4, -0.2) is 52.4 Å². The van der Waals surface area contributed by atoms with E-state index in [0.29, 0.717) is 19.5 Å². The van der Waals surface area contributed by atoms with Crippen LogP contribution in [0.15, 0.2) is 4.79 Å². The summed E-state index contributed by atoms with van der Waals surface area (Å²) < 4.78 is 0. The fourth-order valence-electron chi connectivity index (χ4n) is 4.98. The molecule has 3 aliphatic rings. The molecular formula is C21H32N4O2. The van der Waals surface area contributed by atoms with Crippen LogP contribution in [0.3, 0.4) is 0 Å². The summed E-state index contributed by atoms with van der Waals surface area (Å²) in [7, 11) is 2.03. The van der Waals surface area contributed by atoms with Crippen LogP contribution in [-0.2, 0) is 17.8 Å². The molecule has 4 rings (SSSR count). The lowest BCUT2D eigenvalue weighted by Gasteiger charge is -2.33. The van der Waals surface area contributed by atoms with Gasteiger partial charge in [0, 0.05) is 44.9 Å². The van der Waals surface area contributed by atoms with Crippen LogP contribution in [0.2, 0.25) is 0 Å². The number of aromatic amines is 1. The first kappa shape index (κ1) is 18.7. The van der Waals surface area contributed by atoms with Crippen LogP contribution in [0, 0.1) is 5.92 Å². The summed E-state index contributed by atoms with van der Waals surface area (Å²) in [5.74, 6) is 1.99. The van der Waals surface area contributed by atoms with Gasteiger partial charge in [-0.3, -0.25) is 9.59 Å². The van der Waals surface area contributed by atoms with Gasteiger partial charge in [-0.05, 0) is 32.2 Å². The molecule has 1 aliphatic carbocycles. The number of amides is 1. The Bertz CT molecular complexity index is 738. The number of likely N-dealkylation sites (tertiary alicyclic amines) is 1. The largest absolute Gasteiger partial charge is 0.342 e. The molecule has 0 aromatic carbocycles. The number of hydrogen-bond acceptors (Lipinski definition) is 4. The molecule has 27 heavy (non-hydrogen) atoms. The van der Waals surface area contributed by atoms with Gasteiger partial charge in [-0.1, -0.05) is 25.7 Å². The zero-order valence-corrected chi connectivity index (χ0v) is 16.5. The first-order valence-electron chi connectivity index (χ1n) is 10.7. The lowest BCUT2D eigenvalue weighted by molar-refractivity contribution is -0.132. The number of piperidine rings is 1. The number of hydrogen-bond donors (Lipinski definition) is 1. The number of carbonyl (C=O) groups excluding carboxylic acids is 1. The Hall–Kier alpha value is -1.69. The molecular weight excluding hydrogens is 340 g/mol. The van der Waals surface area contributed by atoms with E-state index in [1.807, 2.05) is 11.9 Å². The van der Waals surface area contributed by atoms with Gasteiger partial charge in [0.1, 0.15) is 5.82 Å². The number of carbonyl (C=O) groups is 1. The van der Waals surface area contributed by atoms with E-state index in [4.69, 9.17) is 4.98 Å². The summed E-state index contributed by atoms with van der Waals surface area (Å²) in [6.07, 6.45) is 9.79. The smallest absolute Gasteiger partial charge is 0.255 e. The molecule has 1 amide bonds. The molecule has 6 nitrogen and oxygen atoms in total. The van der Waals surface area contributed by atoms with Crippen LogP contribution in [0.4, 0.5) is 0 Å². The quantitative estimate of drug-likeness (QED) is 0.881. The zero-order chi connectivity index (χ0) is 18.8. The Morgan fingerprint density at radius 2 is 2.00 bits per heavy atom. The third-order valence-corrected chi connectivity index (χ3v) is 6.68. The predicted octanol–water partition coefficient (Wildman–Crippen LogP) is 2.43. The monoisotopic (exact) mass is 372 g/mol. The van der Waals surface area contributed by atoms with Crippen LogP contribution in [0.5, 0.6) is 0 Å². The van der Waals surface area contributed by atoms with Crippen molar-refractivity contribution in [1.82, 2.24) is 19.8 Å². The first-order chi connectivity index (χ1) is 13.1. The minimum absolute atomic E-state index is 0.00577. The van der Waals surface area contributed by atoms with Crippen molar-refractivity contribution in [2.24, 2.45) is 5.92 Å². The van der Waals surface area contributed by atoms with Gasteiger partial charge in [0.05, 0.1) is 11.3 Å². The Morgan fingerprint density at radius 1 is 1.19 bits per heavy atom. The van der Waals surface area contributed by atoms with Crippen molar-refractivity contribution in [3.8, 4) is 0 Å². The van der Waals surface area contributed by atoms with Crippen molar-refractivity contribution in [2.75, 3.05) is 26.7 Å². The molecule has 0 radical (unpaired) electrons. The Labute approximate surface area is 161 Å². The molecule has 1 aromatic heterocycles. The third-order valence-electron chi connectivity index (χ3n) is 6.68. The van der Waals surface area contributed by atoms with Crippen LogP contribution >= 0.6 is 0 Å². The van der Waals surface area contributed by atoms with E-state index < -0.39 is 0 Å². The summed E-state index contributed by atoms with van der Waals surface area (Å²) in [5.41, 5.74) is 1.77. The van der Waals surface area contributed by atoms with E-state index in [1.54, 1.807) is 0 Å². The first-order valence-corrected chi connectivity index (χ1v) is 10.7. The predicted molar refractivity (Wildman–Crippen MR) is 105 cm³/mol. The second kappa shape index (κ2) is 8.13. The molecule has 1 atom stereocenters. The molecule has 0 bridgehead atoms. The molecule has 148 valence electrons. The lowest BCUT2D eigenvalue weighted by atomic mass is 9.95. The number of fused-ring (bicyclic) bond motifs is 1. The highest BCUT2D eigenvalue weighted by Crippen LogP contribution is 2.30. The number of likely N-dealkylation sites (N-methyl/N-ethyl adjacent to an activating group) is 1. The van der Waals surface area contributed by atoms with Gasteiger partial charge in [-0.25, -0.2) is 4.98 Å². The average Bonchev–Trinajstić information content (AvgIpc) is 3.20. The average molecular weight is 373 g/mol. The summed E-state index contributed by atoms with van der Waals surface area (Å²) in [5, 5.41) is 0. The van der Waals surface area contributed by atoms with E-state index in [2.05, 4.69) is 9.88 Å². The maximum Gasteiger partial charge on any atom is 0.255 e. The second-order valence-electron chi connectivity index (χ2n) is 8.73. The normalized spacial score (nSPS) is 24.2. The van der Waals surface area contributed by atoms with Gasteiger partial charge in [0.15, 0.2) is 0 Å². The standard InChI is InChI=1S/C21H32N4O2/c1-24-12-10-18-17(14-24)21(27)23-20(22-18)16-7-4-11-25(13-16)19(26)9-8-15-5-2-3-6-15/h15-16H,2-14H2,1H3,(H,22,23,27). The summed E-state index contributed by atoms with van der Waals surface area (Å²) in [6.45, 7) is 3.17. The summed E-state index contributed by atoms with van der Waals surface area (Å²) in [6, 6.07) is 0. The lowest BCUT2D eigenvalue weighted by Crippen LogP contribution is -2.40. The zero-order valence-electron chi connectivity index (χ0n) is 16.5. The van der Waals surface area contributed by atoms with E-state index in [0.717, 1.165) is 61.8 Å². The van der Waals surface area contributed by atoms with Crippen molar-refractivity contribution in [3.63, 3.8) is 0 Å². The fourth-order valence-corrected chi connectivity index (χ4v) is 4.98. The molecule has 2 fully saturated rings. The summed E-state index contributed by atoms with van der Waals surface area (Å²) >= 11 is 0. The molecule has 0 spiro atoms. The topological polar surface area (TPSA) is 69.3 Å². The SMILES string of the molecule is CN1CCc2nc(C3CCCN(C(=O)CCC4CCCC4)C3)[nH]c(=O)c2C1. The van der Waals surface area contributed by atoms with Gasteiger partial charge in [-0.15, -0.1) is 0 Å². The molecule has 2 aliphatic heterocycles. The van der Waals surface area contributed by atoms with Crippen molar-refractivity contribution >= 4 is 5.91 Å². The van der Waals surface area contributed by atoms with Gasteiger partial charge >= 0.3 is 0 Å². The highest BCUT2D eigenvalue weighted by atomic mass is 16.2. The van der Waals surface area contributed by atoms with E-state index in [1.165, 1.54) is 25.7 Å². The number of rotatable bonds is 4. The van der Waals surface area contributed by atoms with Crippen molar-refractivity contribution in [1.29, 1.82) is 0 Å². The maximum absolute atomic E-state index is 12.7. The maximum atomic E-state index is 12.7. The van der Waals surface area contributed by atoms with E-state index in [-0.39, 0.29) is 17.4 Å². The number of H-pyrrole nitrogens is 1. The van der Waals surface area contributed by atoms with Gasteiger partial charge < -0.3 is 14.8 Å².